The molecule has 0 aromatic heterocycles. The predicted molar refractivity (Wildman–Crippen MR) is 127 cm³/mol. The van der Waals surface area contributed by atoms with Crippen LogP contribution in [-0.2, 0) is 15.8 Å². The first-order chi connectivity index (χ1) is 16.2. The summed E-state index contributed by atoms with van der Waals surface area (Å²) in [6.07, 6.45) is 3.47. The molecule has 1 aliphatic rings. The third-order valence-electron chi connectivity index (χ3n) is 6.21. The largest absolute Gasteiger partial charge is 0.416 e. The van der Waals surface area contributed by atoms with Crippen molar-refractivity contribution >= 4 is 17.5 Å². The SMILES string of the molecule is NCCNCCC[C@H](N)C(=O)N[C@@H](CCC1CCCCC1)C(=O)Nc1cccc(C(F)(F)F)c1. The van der Waals surface area contributed by atoms with E-state index in [1.54, 1.807) is 0 Å². The zero-order chi connectivity index (χ0) is 25.0. The van der Waals surface area contributed by atoms with Crippen LogP contribution in [-0.4, -0.2) is 43.5 Å². The minimum absolute atomic E-state index is 0.0343. The normalized spacial score (nSPS) is 16.6. The fourth-order valence-corrected chi connectivity index (χ4v) is 4.23. The Kier molecular flexibility index (Phi) is 11.8. The monoisotopic (exact) mass is 485 g/mol. The second kappa shape index (κ2) is 14.3. The van der Waals surface area contributed by atoms with Crippen LogP contribution in [0.25, 0.3) is 0 Å². The van der Waals surface area contributed by atoms with Gasteiger partial charge in [0.15, 0.2) is 0 Å². The van der Waals surface area contributed by atoms with Gasteiger partial charge in [-0.25, -0.2) is 0 Å². The molecule has 0 saturated heterocycles. The Bertz CT molecular complexity index is 769. The highest BCUT2D eigenvalue weighted by atomic mass is 19.4. The standard InChI is InChI=1S/C24H38F3N5O2/c25-24(26,27)18-8-4-9-19(16-18)31-23(34)21(12-11-17-6-2-1-3-7-17)32-22(33)20(29)10-5-14-30-15-13-28/h4,8-9,16-17,20-21,30H,1-3,5-7,10-15,28-29H2,(H,31,34)(H,32,33)/t20-,21-/m0/s1. The van der Waals surface area contributed by atoms with Crippen LogP contribution in [0.5, 0.6) is 0 Å². The van der Waals surface area contributed by atoms with Crippen molar-refractivity contribution in [2.45, 2.75) is 76.0 Å². The molecule has 0 unspecified atom stereocenters. The number of anilines is 1. The molecule has 0 spiro atoms. The van der Waals surface area contributed by atoms with Gasteiger partial charge in [-0.05, 0) is 56.3 Å². The van der Waals surface area contributed by atoms with Crippen LogP contribution in [0.1, 0.15) is 63.4 Å². The Hall–Kier alpha value is -2.17. The third-order valence-corrected chi connectivity index (χ3v) is 6.21. The van der Waals surface area contributed by atoms with Crippen molar-refractivity contribution in [1.29, 1.82) is 0 Å². The van der Waals surface area contributed by atoms with Crippen molar-refractivity contribution in [3.63, 3.8) is 0 Å². The van der Waals surface area contributed by atoms with Gasteiger partial charge in [0.2, 0.25) is 11.8 Å². The first kappa shape index (κ1) is 28.1. The quantitative estimate of drug-likeness (QED) is 0.275. The molecular weight excluding hydrogens is 447 g/mol. The van der Waals surface area contributed by atoms with Gasteiger partial charge in [0.25, 0.3) is 0 Å². The highest BCUT2D eigenvalue weighted by Crippen LogP contribution is 2.31. The van der Waals surface area contributed by atoms with Crippen molar-refractivity contribution in [3.8, 4) is 0 Å². The summed E-state index contributed by atoms with van der Waals surface area (Å²) in [6.45, 7) is 1.88. The minimum Gasteiger partial charge on any atom is -0.343 e. The van der Waals surface area contributed by atoms with Crippen LogP contribution in [0.2, 0.25) is 0 Å². The van der Waals surface area contributed by atoms with E-state index in [-0.39, 0.29) is 5.69 Å². The van der Waals surface area contributed by atoms with Crippen LogP contribution in [0.3, 0.4) is 0 Å². The number of alkyl halides is 3. The Labute approximate surface area is 199 Å². The summed E-state index contributed by atoms with van der Waals surface area (Å²) in [4.78, 5) is 25.6. The molecule has 1 fully saturated rings. The van der Waals surface area contributed by atoms with E-state index in [0.29, 0.717) is 44.8 Å². The fourth-order valence-electron chi connectivity index (χ4n) is 4.23. The maximum Gasteiger partial charge on any atom is 0.416 e. The summed E-state index contributed by atoms with van der Waals surface area (Å²) in [5.74, 6) is -0.497. The third kappa shape index (κ3) is 9.99. The number of hydrogen-bond acceptors (Lipinski definition) is 5. The molecule has 1 saturated carbocycles. The average molecular weight is 486 g/mol. The second-order valence-corrected chi connectivity index (χ2v) is 9.00. The molecule has 0 heterocycles. The van der Waals surface area contributed by atoms with Gasteiger partial charge >= 0.3 is 6.18 Å². The zero-order valence-electron chi connectivity index (χ0n) is 19.6. The maximum atomic E-state index is 13.0. The molecule has 7 nitrogen and oxygen atoms in total. The molecule has 1 aromatic carbocycles. The van der Waals surface area contributed by atoms with Crippen molar-refractivity contribution in [2.75, 3.05) is 25.0 Å². The molecule has 1 aliphatic carbocycles. The van der Waals surface area contributed by atoms with Gasteiger partial charge in [0.05, 0.1) is 11.6 Å². The first-order valence-corrected chi connectivity index (χ1v) is 12.2. The molecule has 0 radical (unpaired) electrons. The second-order valence-electron chi connectivity index (χ2n) is 9.00. The Morgan fingerprint density at radius 1 is 1.06 bits per heavy atom. The number of amides is 2. The summed E-state index contributed by atoms with van der Waals surface area (Å²) in [5.41, 5.74) is 10.6. The van der Waals surface area contributed by atoms with Gasteiger partial charge in [0.1, 0.15) is 6.04 Å². The number of carbonyl (C=O) groups excluding carboxylic acids is 2. The molecule has 34 heavy (non-hydrogen) atoms. The van der Waals surface area contributed by atoms with Crippen molar-refractivity contribution < 1.29 is 22.8 Å². The molecular formula is C24H38F3N5O2. The lowest BCUT2D eigenvalue weighted by Crippen LogP contribution is -2.50. The van der Waals surface area contributed by atoms with Crippen LogP contribution in [0.15, 0.2) is 24.3 Å². The molecule has 7 N–H and O–H groups in total. The maximum absolute atomic E-state index is 13.0. The van der Waals surface area contributed by atoms with Gasteiger partial charge in [-0.1, -0.05) is 38.2 Å². The molecule has 1 aromatic rings. The summed E-state index contributed by atoms with van der Waals surface area (Å²) in [7, 11) is 0. The zero-order valence-corrected chi connectivity index (χ0v) is 19.6. The number of hydrogen-bond donors (Lipinski definition) is 5. The summed E-state index contributed by atoms with van der Waals surface area (Å²) < 4.78 is 39.1. The number of carbonyl (C=O) groups is 2. The number of halogens is 3. The Balaban J connectivity index is 1.99. The van der Waals surface area contributed by atoms with Gasteiger partial charge in [-0.3, -0.25) is 9.59 Å². The van der Waals surface area contributed by atoms with Crippen molar-refractivity contribution in [3.05, 3.63) is 29.8 Å². The highest BCUT2D eigenvalue weighted by Gasteiger charge is 2.31. The van der Waals surface area contributed by atoms with Crippen LogP contribution in [0.4, 0.5) is 18.9 Å². The van der Waals surface area contributed by atoms with E-state index in [9.17, 15) is 22.8 Å². The molecule has 10 heteroatoms. The predicted octanol–water partition coefficient (Wildman–Crippen LogP) is 3.15. The van der Waals surface area contributed by atoms with Gasteiger partial charge in [-0.15, -0.1) is 0 Å². The van der Waals surface area contributed by atoms with Crippen LogP contribution < -0.4 is 27.4 Å². The van der Waals surface area contributed by atoms with Gasteiger partial charge in [-0.2, -0.15) is 13.2 Å². The van der Waals surface area contributed by atoms with Gasteiger partial charge < -0.3 is 27.4 Å². The van der Waals surface area contributed by atoms with E-state index in [0.717, 1.165) is 44.2 Å². The average Bonchev–Trinajstić information content (AvgIpc) is 2.81. The van der Waals surface area contributed by atoms with E-state index in [1.165, 1.54) is 18.6 Å². The van der Waals surface area contributed by atoms with E-state index in [4.69, 9.17) is 11.5 Å². The van der Waals surface area contributed by atoms with Crippen molar-refractivity contribution in [2.24, 2.45) is 17.4 Å². The van der Waals surface area contributed by atoms with E-state index in [2.05, 4.69) is 16.0 Å². The van der Waals surface area contributed by atoms with E-state index in [1.807, 2.05) is 0 Å². The van der Waals surface area contributed by atoms with Crippen LogP contribution in [0, 0.1) is 5.92 Å². The van der Waals surface area contributed by atoms with E-state index < -0.39 is 35.6 Å². The minimum atomic E-state index is -4.51. The van der Waals surface area contributed by atoms with Gasteiger partial charge in [0, 0.05) is 18.8 Å². The summed E-state index contributed by atoms with van der Waals surface area (Å²) in [5, 5.41) is 8.40. The Morgan fingerprint density at radius 3 is 2.47 bits per heavy atom. The Morgan fingerprint density at radius 2 is 1.79 bits per heavy atom. The lowest BCUT2D eigenvalue weighted by molar-refractivity contribution is -0.137. The molecule has 2 amide bonds. The molecule has 0 bridgehead atoms. The number of benzene rings is 1. The molecule has 192 valence electrons. The molecule has 2 atom stereocenters. The van der Waals surface area contributed by atoms with Crippen molar-refractivity contribution in [1.82, 2.24) is 10.6 Å². The first-order valence-electron chi connectivity index (χ1n) is 12.2. The number of nitrogens with one attached hydrogen (secondary N) is 3. The van der Waals surface area contributed by atoms with Crippen LogP contribution >= 0.6 is 0 Å². The summed E-state index contributed by atoms with van der Waals surface area (Å²) >= 11 is 0. The lowest BCUT2D eigenvalue weighted by Gasteiger charge is -2.25. The topological polar surface area (TPSA) is 122 Å². The smallest absolute Gasteiger partial charge is 0.343 e. The van der Waals surface area contributed by atoms with E-state index >= 15 is 0 Å². The molecule has 2 rings (SSSR count). The number of nitrogens with two attached hydrogens (primary N) is 2. The summed E-state index contributed by atoms with van der Waals surface area (Å²) in [6, 6.07) is 2.82. The fraction of sp³-hybridized carbons (Fsp3) is 0.667. The molecule has 0 aliphatic heterocycles. The highest BCUT2D eigenvalue weighted by molar-refractivity contribution is 5.97. The number of rotatable bonds is 13. The lowest BCUT2D eigenvalue weighted by atomic mass is 9.85.